The van der Waals surface area contributed by atoms with E-state index in [-0.39, 0.29) is 23.8 Å². The summed E-state index contributed by atoms with van der Waals surface area (Å²) in [6, 6.07) is -0.186. The molecule has 3 rings (SSSR count). The first-order chi connectivity index (χ1) is 8.23. The van der Waals surface area contributed by atoms with Crippen LogP contribution in [0, 0.1) is 11.3 Å². The third-order valence-corrected chi connectivity index (χ3v) is 5.54. The van der Waals surface area contributed by atoms with Crippen molar-refractivity contribution in [3.63, 3.8) is 0 Å². The van der Waals surface area contributed by atoms with E-state index < -0.39 is 28.1 Å². The molecule has 0 amide bonds. The van der Waals surface area contributed by atoms with Gasteiger partial charge in [-0.15, -0.1) is 0 Å². The van der Waals surface area contributed by atoms with Crippen molar-refractivity contribution in [2.75, 3.05) is 5.75 Å². The van der Waals surface area contributed by atoms with E-state index in [9.17, 15) is 23.2 Å². The number of hydrogen-bond acceptors (Lipinski definition) is 5. The van der Waals surface area contributed by atoms with E-state index in [4.69, 9.17) is 0 Å². The van der Waals surface area contributed by atoms with Gasteiger partial charge in [0.25, 0.3) is 0 Å². The van der Waals surface area contributed by atoms with Crippen molar-refractivity contribution in [1.29, 1.82) is 0 Å². The smallest absolute Gasteiger partial charge is 0.117 e. The first-order valence-corrected chi connectivity index (χ1v) is 7.94. The maximum absolute atomic E-state index is 10.7. The standard InChI is InChI=1S/C11H21NO5S/c12-10-9(14)7-1-3-11(10,4-2-7)5-8(13)6-18(15,16)17/h7-10,13-14H,1-6,12H2,(H,15,16,17)/t7?,8?,9-,10+,11?/m1/s1. The minimum Gasteiger partial charge on any atom is -0.748 e. The second kappa shape index (κ2) is 4.72. The lowest BCUT2D eigenvalue weighted by Gasteiger charge is -2.52. The van der Waals surface area contributed by atoms with Gasteiger partial charge >= 0.3 is 0 Å². The summed E-state index contributed by atoms with van der Waals surface area (Å²) >= 11 is 0. The van der Waals surface area contributed by atoms with Gasteiger partial charge in [0.15, 0.2) is 0 Å². The van der Waals surface area contributed by atoms with Gasteiger partial charge in [-0.1, -0.05) is 0 Å². The number of rotatable bonds is 4. The van der Waals surface area contributed by atoms with Crippen LogP contribution in [0.4, 0.5) is 0 Å². The van der Waals surface area contributed by atoms with Crippen LogP contribution in [0.25, 0.3) is 0 Å². The molecule has 0 saturated heterocycles. The van der Waals surface area contributed by atoms with Crippen LogP contribution in [0.1, 0.15) is 32.1 Å². The van der Waals surface area contributed by atoms with Crippen LogP contribution in [-0.2, 0) is 10.1 Å². The topological polar surface area (TPSA) is 125 Å². The fraction of sp³-hybridized carbons (Fsp3) is 1.00. The molecule has 0 aromatic carbocycles. The maximum atomic E-state index is 10.7. The quantitative estimate of drug-likeness (QED) is 0.537. The van der Waals surface area contributed by atoms with E-state index >= 15 is 0 Å². The molecule has 1 unspecified atom stereocenters. The van der Waals surface area contributed by atoms with Crippen molar-refractivity contribution in [3.05, 3.63) is 0 Å². The molecule has 5 N–H and O–H groups in total. The molecule has 0 spiro atoms. The van der Waals surface area contributed by atoms with Gasteiger partial charge in [-0.2, -0.15) is 0 Å². The van der Waals surface area contributed by atoms with Gasteiger partial charge in [0.2, 0.25) is 0 Å². The van der Waals surface area contributed by atoms with E-state index in [2.05, 4.69) is 5.73 Å². The Kier molecular flexibility index (Phi) is 3.72. The van der Waals surface area contributed by atoms with Gasteiger partial charge in [0, 0.05) is 5.41 Å². The normalized spacial score (nSPS) is 41.9. The van der Waals surface area contributed by atoms with E-state index in [1.165, 1.54) is 0 Å². The predicted molar refractivity (Wildman–Crippen MR) is 62.3 cm³/mol. The minimum absolute atomic E-state index is 0.186. The maximum Gasteiger partial charge on any atom is 0.117 e. The number of fused-ring (bicyclic) bond motifs is 3. The van der Waals surface area contributed by atoms with Crippen molar-refractivity contribution < 1.29 is 28.9 Å². The molecule has 3 aliphatic rings. The molecular formula is C11H21NO5S. The molecule has 0 aromatic heterocycles. The van der Waals surface area contributed by atoms with E-state index in [0.717, 1.165) is 25.7 Å². The summed E-state index contributed by atoms with van der Waals surface area (Å²) in [5.74, 6) is -0.462. The van der Waals surface area contributed by atoms with Gasteiger partial charge in [-0.25, -0.2) is 8.42 Å². The second-order valence-electron chi connectivity index (χ2n) is 5.88. The largest absolute Gasteiger partial charge is 0.748 e. The molecule has 3 atom stereocenters. The lowest BCUT2D eigenvalue weighted by molar-refractivity contribution is -0.484. The first kappa shape index (κ1) is 14.2. The second-order valence-corrected chi connectivity index (χ2v) is 7.33. The molecule has 3 saturated carbocycles. The summed E-state index contributed by atoms with van der Waals surface area (Å²) < 4.78 is 32.0. The zero-order valence-corrected chi connectivity index (χ0v) is 11.1. The summed E-state index contributed by atoms with van der Waals surface area (Å²) in [6.45, 7) is 0. The van der Waals surface area contributed by atoms with E-state index in [1.807, 2.05) is 0 Å². The summed E-state index contributed by atoms with van der Waals surface area (Å²) in [5.41, 5.74) is 3.69. The van der Waals surface area contributed by atoms with Gasteiger partial charge in [0.1, 0.15) is 12.1 Å². The molecule has 0 aliphatic heterocycles. The number of hydrogen-bond donors (Lipinski definition) is 3. The molecule has 7 heteroatoms. The van der Waals surface area contributed by atoms with Crippen molar-refractivity contribution in [3.8, 4) is 0 Å². The Balaban J connectivity index is 2.07. The number of aliphatic hydroxyl groups excluding tert-OH is 2. The highest BCUT2D eigenvalue weighted by Gasteiger charge is 2.54. The molecule has 0 heterocycles. The summed E-state index contributed by atoms with van der Waals surface area (Å²) in [5, 5.41) is 19.8. The third kappa shape index (κ3) is 2.70. The molecule has 3 fully saturated rings. The highest BCUT2D eigenvalue weighted by molar-refractivity contribution is 7.85. The van der Waals surface area contributed by atoms with Gasteiger partial charge in [-0.05, 0) is 38.0 Å². The molecular weight excluding hydrogens is 258 g/mol. The SMILES string of the molecule is [NH3+][C@H]1[C@H](O)C2CCC1(CC(O)CS(=O)(=O)[O-])CC2. The van der Waals surface area contributed by atoms with Crippen LogP contribution in [0.2, 0.25) is 0 Å². The Morgan fingerprint density at radius 1 is 1.39 bits per heavy atom. The van der Waals surface area contributed by atoms with Crippen molar-refractivity contribution >= 4 is 10.1 Å². The van der Waals surface area contributed by atoms with Gasteiger partial charge in [-0.3, -0.25) is 0 Å². The monoisotopic (exact) mass is 279 g/mol. The van der Waals surface area contributed by atoms with E-state index in [1.54, 1.807) is 0 Å². The van der Waals surface area contributed by atoms with Gasteiger partial charge in [0.05, 0.1) is 22.0 Å². The Morgan fingerprint density at radius 3 is 2.44 bits per heavy atom. The van der Waals surface area contributed by atoms with Gasteiger partial charge < -0.3 is 20.5 Å². The Labute approximate surface area is 107 Å². The molecule has 3 aliphatic carbocycles. The Morgan fingerprint density at radius 2 is 1.94 bits per heavy atom. The summed E-state index contributed by atoms with van der Waals surface area (Å²) in [4.78, 5) is 0. The van der Waals surface area contributed by atoms with Crippen LogP contribution >= 0.6 is 0 Å². The van der Waals surface area contributed by atoms with Crippen molar-refractivity contribution in [2.45, 2.75) is 50.4 Å². The zero-order valence-electron chi connectivity index (χ0n) is 10.3. The average molecular weight is 279 g/mol. The van der Waals surface area contributed by atoms with Crippen LogP contribution in [0.3, 0.4) is 0 Å². The molecule has 106 valence electrons. The lowest BCUT2D eigenvalue weighted by Crippen LogP contribution is -2.78. The third-order valence-electron chi connectivity index (χ3n) is 4.75. The Hall–Kier alpha value is -0.210. The first-order valence-electron chi connectivity index (χ1n) is 6.36. The van der Waals surface area contributed by atoms with Crippen molar-refractivity contribution in [1.82, 2.24) is 0 Å². The fourth-order valence-electron chi connectivity index (χ4n) is 3.74. The molecule has 18 heavy (non-hydrogen) atoms. The highest BCUT2D eigenvalue weighted by atomic mass is 32.2. The van der Waals surface area contributed by atoms with E-state index in [0.29, 0.717) is 0 Å². The number of quaternary nitrogens is 1. The number of aliphatic hydroxyl groups is 2. The summed E-state index contributed by atoms with van der Waals surface area (Å²) in [6.07, 6.45) is 2.10. The van der Waals surface area contributed by atoms with Crippen LogP contribution in [0.15, 0.2) is 0 Å². The predicted octanol–water partition coefficient (Wildman–Crippen LogP) is -1.56. The average Bonchev–Trinajstić information content (AvgIpc) is 2.23. The van der Waals surface area contributed by atoms with Crippen LogP contribution in [0.5, 0.6) is 0 Å². The Bertz CT molecular complexity index is 402. The molecule has 0 radical (unpaired) electrons. The molecule has 0 aromatic rings. The van der Waals surface area contributed by atoms with Crippen LogP contribution in [-0.4, -0.2) is 47.2 Å². The highest BCUT2D eigenvalue weighted by Crippen LogP contribution is 2.51. The zero-order chi connectivity index (χ0) is 13.6. The fourth-order valence-corrected chi connectivity index (χ4v) is 4.33. The molecule has 6 nitrogen and oxygen atoms in total. The lowest BCUT2D eigenvalue weighted by atomic mass is 9.55. The minimum atomic E-state index is -4.41. The molecule has 2 bridgehead atoms. The summed E-state index contributed by atoms with van der Waals surface area (Å²) in [7, 11) is -4.41. The van der Waals surface area contributed by atoms with Crippen molar-refractivity contribution in [2.24, 2.45) is 11.3 Å². The van der Waals surface area contributed by atoms with Crippen LogP contribution < -0.4 is 5.73 Å².